The van der Waals surface area contributed by atoms with Gasteiger partial charge in [-0.2, -0.15) is 18.4 Å². The van der Waals surface area contributed by atoms with E-state index < -0.39 is 84.4 Å². The first-order valence-electron chi connectivity index (χ1n) is 13.3. The second-order valence-corrected chi connectivity index (χ2v) is 9.53. The molecule has 3 aromatic rings. The first-order chi connectivity index (χ1) is 20.5. The van der Waals surface area contributed by atoms with Crippen molar-refractivity contribution in [1.29, 1.82) is 5.26 Å². The molecule has 0 atom stereocenters. The standard InChI is InChI=1S/C23H14F3N3O8.C6H15N/c1-10-18(21(31)20(29(35)36)11(2)19(10)28(33)34)16(30)8-12(23(24,25)26)7-14-13-5-3-4-6-17(13)37-22(32)15(14)9-27;1-4-7(5-2)6-3/h3-7,31H,8H2,1-2H3;4-6H2,1-3H3/b12-7+;. The number of nitro benzene ring substituents is 2. The Morgan fingerprint density at radius 1 is 1.02 bits per heavy atom. The lowest BCUT2D eigenvalue weighted by Crippen LogP contribution is -3.11. The zero-order valence-corrected chi connectivity index (χ0v) is 24.5. The van der Waals surface area contributed by atoms with Gasteiger partial charge in [-0.1, -0.05) is 18.2 Å². The molecule has 1 N–H and O–H groups in total. The van der Waals surface area contributed by atoms with E-state index in [-0.39, 0.29) is 11.0 Å². The lowest BCUT2D eigenvalue weighted by atomic mass is 9.92. The number of Topliss-reactive ketones (excluding diaryl/α,β-unsaturated/α-hetero) is 1. The van der Waals surface area contributed by atoms with Gasteiger partial charge in [-0.3, -0.25) is 25.0 Å². The number of nitrogens with zero attached hydrogens (tertiary/aromatic N) is 3. The summed E-state index contributed by atoms with van der Waals surface area (Å²) in [6.07, 6.45) is -6.44. The zero-order chi connectivity index (χ0) is 33.5. The van der Waals surface area contributed by atoms with E-state index in [0.29, 0.717) is 6.08 Å². The number of nitro groups is 2. The van der Waals surface area contributed by atoms with Crippen LogP contribution in [-0.2, 0) is 0 Å². The Balaban J connectivity index is 0.000000860. The summed E-state index contributed by atoms with van der Waals surface area (Å²) in [7, 11) is 0. The van der Waals surface area contributed by atoms with Gasteiger partial charge in [0, 0.05) is 34.1 Å². The van der Waals surface area contributed by atoms with Crippen molar-refractivity contribution in [3.8, 4) is 11.8 Å². The number of alkyl halides is 3. The fraction of sp³-hybridized carbons (Fsp3) is 0.345. The number of benzene rings is 2. The molecule has 12 nitrogen and oxygen atoms in total. The van der Waals surface area contributed by atoms with E-state index in [9.17, 15) is 53.4 Å². The van der Waals surface area contributed by atoms with Crippen molar-refractivity contribution in [2.45, 2.75) is 47.2 Å². The third-order valence-electron chi connectivity index (χ3n) is 7.03. The number of para-hydroxylation sites is 1. The third kappa shape index (κ3) is 7.45. The summed E-state index contributed by atoms with van der Waals surface area (Å²) in [5.74, 6) is -3.15. The number of hydrogen-bond acceptors (Lipinski definition) is 9. The molecule has 0 spiro atoms. The fourth-order valence-corrected chi connectivity index (χ4v) is 4.65. The molecule has 0 saturated heterocycles. The highest BCUT2D eigenvalue weighted by Gasteiger charge is 2.38. The van der Waals surface area contributed by atoms with Crippen molar-refractivity contribution in [3.05, 3.63) is 88.3 Å². The number of carbonyl (C=O) groups excluding carboxylic acids is 1. The van der Waals surface area contributed by atoms with Crippen molar-refractivity contribution in [2.24, 2.45) is 0 Å². The molecular formula is C29H29F3N4O8. The number of hydrogen-bond donors (Lipinski definition) is 1. The van der Waals surface area contributed by atoms with Crippen LogP contribution < -0.4 is 15.6 Å². The Kier molecular flexibility index (Phi) is 11.5. The van der Waals surface area contributed by atoms with Crippen LogP contribution in [0.4, 0.5) is 24.5 Å². The molecule has 0 bridgehead atoms. The third-order valence-corrected chi connectivity index (χ3v) is 7.03. The van der Waals surface area contributed by atoms with Gasteiger partial charge in [-0.05, 0) is 52.5 Å². The van der Waals surface area contributed by atoms with E-state index in [2.05, 4.69) is 20.8 Å². The molecule has 0 aliphatic heterocycles. The lowest BCUT2D eigenvalue weighted by Gasteiger charge is -2.19. The number of rotatable bonds is 9. The first-order valence-corrected chi connectivity index (χ1v) is 13.3. The SMILES string of the molecule is CC[NH+](CC)CC.Cc1c(C(=O)C/C(=C\c2c(C#N)c(=O)oc3ccccc23)C(F)(F)F)c([O-])c([N+](=O)[O-])c(C)c1[N+](=O)[O-]. The number of fused-ring (bicyclic) bond motifs is 1. The minimum absolute atomic E-state index is 0.0600. The number of halogens is 3. The largest absolute Gasteiger partial charge is 0.867 e. The molecule has 0 fully saturated rings. The fourth-order valence-electron chi connectivity index (χ4n) is 4.65. The summed E-state index contributed by atoms with van der Waals surface area (Å²) in [5.41, 5.74) is -8.97. The maximum absolute atomic E-state index is 14.0. The molecule has 44 heavy (non-hydrogen) atoms. The number of nitriles is 1. The number of ketones is 1. The molecule has 234 valence electrons. The zero-order valence-electron chi connectivity index (χ0n) is 24.5. The highest BCUT2D eigenvalue weighted by molar-refractivity contribution is 6.04. The highest BCUT2D eigenvalue weighted by atomic mass is 19.4. The van der Waals surface area contributed by atoms with E-state index in [1.807, 2.05) is 0 Å². The maximum atomic E-state index is 14.0. The normalized spacial score (nSPS) is 11.6. The van der Waals surface area contributed by atoms with Crippen LogP contribution in [-0.4, -0.2) is 41.4 Å². The Bertz CT molecular complexity index is 1690. The van der Waals surface area contributed by atoms with E-state index in [4.69, 9.17) is 4.42 Å². The van der Waals surface area contributed by atoms with Gasteiger partial charge >= 0.3 is 11.8 Å². The quantitative estimate of drug-likeness (QED) is 0.158. The van der Waals surface area contributed by atoms with Crippen LogP contribution in [0, 0.1) is 45.4 Å². The van der Waals surface area contributed by atoms with Gasteiger partial charge < -0.3 is 14.4 Å². The topological polar surface area (TPSA) is 185 Å². The molecule has 2 aromatic carbocycles. The van der Waals surface area contributed by atoms with Crippen molar-refractivity contribution >= 4 is 34.2 Å². The van der Waals surface area contributed by atoms with Crippen LogP contribution in [0.1, 0.15) is 59.8 Å². The van der Waals surface area contributed by atoms with Gasteiger partial charge in [-0.25, -0.2) is 4.79 Å². The first kappa shape index (κ1) is 35.1. The highest BCUT2D eigenvalue weighted by Crippen LogP contribution is 2.42. The molecule has 0 saturated carbocycles. The van der Waals surface area contributed by atoms with Crippen molar-refractivity contribution in [2.75, 3.05) is 19.6 Å². The molecule has 1 aromatic heterocycles. The average molecular weight is 619 g/mol. The van der Waals surface area contributed by atoms with E-state index >= 15 is 0 Å². The smallest absolute Gasteiger partial charge is 0.413 e. The summed E-state index contributed by atoms with van der Waals surface area (Å²) in [6.45, 7) is 12.3. The predicted molar refractivity (Wildman–Crippen MR) is 151 cm³/mol. The van der Waals surface area contributed by atoms with Crippen molar-refractivity contribution < 1.29 is 42.2 Å². The number of carbonyl (C=O) groups is 1. The maximum Gasteiger partial charge on any atom is 0.413 e. The van der Waals surface area contributed by atoms with Crippen LogP contribution >= 0.6 is 0 Å². The van der Waals surface area contributed by atoms with Crippen LogP contribution in [0.15, 0.2) is 39.1 Å². The van der Waals surface area contributed by atoms with Gasteiger partial charge in [-0.15, -0.1) is 0 Å². The summed E-state index contributed by atoms with van der Waals surface area (Å²) in [4.78, 5) is 47.3. The van der Waals surface area contributed by atoms with Crippen molar-refractivity contribution in [1.82, 2.24) is 0 Å². The Labute approximate surface area is 248 Å². The molecular weight excluding hydrogens is 589 g/mol. The van der Waals surface area contributed by atoms with Gasteiger partial charge in [0.2, 0.25) is 0 Å². The summed E-state index contributed by atoms with van der Waals surface area (Å²) >= 11 is 0. The minimum Gasteiger partial charge on any atom is -0.867 e. The van der Waals surface area contributed by atoms with Gasteiger partial charge in [0.05, 0.1) is 29.5 Å². The minimum atomic E-state index is -5.24. The number of quaternary nitrogens is 1. The summed E-state index contributed by atoms with van der Waals surface area (Å²) in [6, 6.07) is 6.82. The molecule has 0 amide bonds. The van der Waals surface area contributed by atoms with E-state index in [1.165, 1.54) is 50.0 Å². The van der Waals surface area contributed by atoms with E-state index in [0.717, 1.165) is 13.8 Å². The number of allylic oxidation sites excluding steroid dienone is 1. The molecule has 0 radical (unpaired) electrons. The van der Waals surface area contributed by atoms with Crippen molar-refractivity contribution in [3.63, 3.8) is 0 Å². The monoisotopic (exact) mass is 618 g/mol. The second kappa shape index (κ2) is 14.4. The molecule has 0 aliphatic carbocycles. The average Bonchev–Trinajstić information content (AvgIpc) is 2.93. The molecule has 3 rings (SSSR count). The predicted octanol–water partition coefficient (Wildman–Crippen LogP) is 4.32. The van der Waals surface area contributed by atoms with Gasteiger partial charge in [0.1, 0.15) is 22.8 Å². The number of nitrogens with one attached hydrogen (secondary N) is 1. The molecule has 0 unspecified atom stereocenters. The molecule has 1 heterocycles. The van der Waals surface area contributed by atoms with Gasteiger partial charge in [0.25, 0.3) is 11.4 Å². The van der Waals surface area contributed by atoms with Crippen LogP contribution in [0.25, 0.3) is 17.0 Å². The van der Waals surface area contributed by atoms with Crippen LogP contribution in [0.3, 0.4) is 0 Å². The Hall–Kier alpha value is -5.10. The molecule has 15 heteroatoms. The molecule has 0 aliphatic rings. The summed E-state index contributed by atoms with van der Waals surface area (Å²) in [5, 5.41) is 44.8. The van der Waals surface area contributed by atoms with Gasteiger partial charge in [0.15, 0.2) is 5.78 Å². The summed E-state index contributed by atoms with van der Waals surface area (Å²) < 4.78 is 46.9. The lowest BCUT2D eigenvalue weighted by molar-refractivity contribution is -0.894. The Morgan fingerprint density at radius 3 is 2.02 bits per heavy atom. The second-order valence-electron chi connectivity index (χ2n) is 9.53. The van der Waals surface area contributed by atoms with Crippen LogP contribution in [0.2, 0.25) is 0 Å². The van der Waals surface area contributed by atoms with Crippen LogP contribution in [0.5, 0.6) is 5.75 Å². The Morgan fingerprint density at radius 2 is 1.57 bits per heavy atom. The van der Waals surface area contributed by atoms with E-state index in [1.54, 1.807) is 4.90 Å².